The Bertz CT molecular complexity index is 851. The van der Waals surface area contributed by atoms with Gasteiger partial charge in [-0.05, 0) is 44.1 Å². The predicted molar refractivity (Wildman–Crippen MR) is 111 cm³/mol. The molecule has 2 fully saturated rings. The number of hydrogen-bond acceptors (Lipinski definition) is 5. The van der Waals surface area contributed by atoms with E-state index in [4.69, 9.17) is 9.47 Å². The third-order valence-corrected chi connectivity index (χ3v) is 6.17. The molecule has 0 radical (unpaired) electrons. The Morgan fingerprint density at radius 3 is 2.70 bits per heavy atom. The van der Waals surface area contributed by atoms with Crippen molar-refractivity contribution in [2.45, 2.75) is 44.2 Å². The molecule has 2 aromatic rings. The SMILES string of the molecule is COc1ccc(OC)c(-c2[nH]ncc2CN2CC(F)(F)C[C@H]2CN2CCCCC2)c1. The molecule has 0 unspecified atom stereocenters. The smallest absolute Gasteiger partial charge is 0.262 e. The standard InChI is InChI=1S/C22H30F2N4O2/c1-29-18-6-7-20(30-2)19(10-18)21-16(12-25-26-21)13-28-15-22(23,24)11-17(28)14-27-8-4-3-5-9-27/h6-7,10,12,17H,3-5,8-9,11,13-15H2,1-2H3,(H,25,26)/t17-/m0/s1. The van der Waals surface area contributed by atoms with E-state index in [1.807, 2.05) is 23.1 Å². The van der Waals surface area contributed by atoms with E-state index in [1.165, 1.54) is 6.42 Å². The van der Waals surface area contributed by atoms with Gasteiger partial charge in [0.15, 0.2) is 0 Å². The molecule has 0 saturated carbocycles. The maximum Gasteiger partial charge on any atom is 0.262 e. The Labute approximate surface area is 176 Å². The van der Waals surface area contributed by atoms with E-state index in [0.717, 1.165) is 42.8 Å². The second-order valence-electron chi connectivity index (χ2n) is 8.32. The fourth-order valence-electron chi connectivity index (χ4n) is 4.66. The number of nitrogens with one attached hydrogen (secondary N) is 1. The Morgan fingerprint density at radius 1 is 1.17 bits per heavy atom. The number of alkyl halides is 2. The molecule has 1 aromatic carbocycles. The minimum atomic E-state index is -2.65. The van der Waals surface area contributed by atoms with Gasteiger partial charge in [0.25, 0.3) is 5.92 Å². The summed E-state index contributed by atoms with van der Waals surface area (Å²) >= 11 is 0. The highest BCUT2D eigenvalue weighted by Crippen LogP contribution is 2.37. The first-order valence-corrected chi connectivity index (χ1v) is 10.6. The minimum Gasteiger partial charge on any atom is -0.497 e. The van der Waals surface area contributed by atoms with Crippen LogP contribution < -0.4 is 9.47 Å². The Hall–Kier alpha value is -2.19. The molecule has 0 spiro atoms. The molecule has 2 aliphatic rings. The first kappa shape index (κ1) is 21.1. The van der Waals surface area contributed by atoms with Crippen LogP contribution in [0.5, 0.6) is 11.5 Å². The molecular weight excluding hydrogens is 390 g/mol. The lowest BCUT2D eigenvalue weighted by Gasteiger charge is -2.32. The quantitative estimate of drug-likeness (QED) is 0.739. The highest BCUT2D eigenvalue weighted by atomic mass is 19.3. The van der Waals surface area contributed by atoms with Crippen molar-refractivity contribution in [1.29, 1.82) is 0 Å². The van der Waals surface area contributed by atoms with Gasteiger partial charge in [-0.25, -0.2) is 8.78 Å². The number of piperidine rings is 1. The zero-order valence-electron chi connectivity index (χ0n) is 17.7. The number of methoxy groups -OCH3 is 2. The van der Waals surface area contributed by atoms with Crippen molar-refractivity contribution in [1.82, 2.24) is 20.0 Å². The van der Waals surface area contributed by atoms with Crippen molar-refractivity contribution < 1.29 is 18.3 Å². The molecule has 2 saturated heterocycles. The second kappa shape index (κ2) is 8.89. The summed E-state index contributed by atoms with van der Waals surface area (Å²) in [6.45, 7) is 2.92. The summed E-state index contributed by atoms with van der Waals surface area (Å²) in [5.41, 5.74) is 2.46. The third kappa shape index (κ3) is 4.59. The molecule has 2 aliphatic heterocycles. The number of nitrogens with zero attached hydrogens (tertiary/aromatic N) is 3. The molecule has 0 aliphatic carbocycles. The zero-order valence-corrected chi connectivity index (χ0v) is 17.7. The van der Waals surface area contributed by atoms with Crippen molar-refractivity contribution in [3.05, 3.63) is 30.0 Å². The lowest BCUT2D eigenvalue weighted by molar-refractivity contribution is 0.0112. The van der Waals surface area contributed by atoms with Gasteiger partial charge in [-0.15, -0.1) is 0 Å². The van der Waals surface area contributed by atoms with Crippen LogP contribution in [0.1, 0.15) is 31.2 Å². The van der Waals surface area contributed by atoms with Gasteiger partial charge >= 0.3 is 0 Å². The van der Waals surface area contributed by atoms with Gasteiger partial charge in [0, 0.05) is 36.7 Å². The molecule has 0 bridgehead atoms. The number of halogens is 2. The normalized spacial score (nSPS) is 22.3. The van der Waals surface area contributed by atoms with E-state index in [9.17, 15) is 8.78 Å². The molecule has 1 atom stereocenters. The second-order valence-corrected chi connectivity index (χ2v) is 8.32. The van der Waals surface area contributed by atoms with Crippen LogP contribution in [0.2, 0.25) is 0 Å². The molecule has 1 aromatic heterocycles. The van der Waals surface area contributed by atoms with Gasteiger partial charge in [0.2, 0.25) is 0 Å². The van der Waals surface area contributed by atoms with Gasteiger partial charge in [-0.2, -0.15) is 5.10 Å². The monoisotopic (exact) mass is 420 g/mol. The van der Waals surface area contributed by atoms with Crippen LogP contribution in [0.3, 0.4) is 0 Å². The number of hydrogen-bond donors (Lipinski definition) is 1. The summed E-state index contributed by atoms with van der Waals surface area (Å²) in [5, 5.41) is 7.23. The first-order chi connectivity index (χ1) is 14.5. The fraction of sp³-hybridized carbons (Fsp3) is 0.591. The molecule has 1 N–H and O–H groups in total. The molecule has 6 nitrogen and oxygen atoms in total. The van der Waals surface area contributed by atoms with Gasteiger partial charge in [0.1, 0.15) is 11.5 Å². The van der Waals surface area contributed by atoms with Gasteiger partial charge < -0.3 is 14.4 Å². The van der Waals surface area contributed by atoms with E-state index in [2.05, 4.69) is 15.1 Å². The Kier molecular flexibility index (Phi) is 6.24. The minimum absolute atomic E-state index is 0.0842. The van der Waals surface area contributed by atoms with Crippen LogP contribution in [0.15, 0.2) is 24.4 Å². The maximum absolute atomic E-state index is 14.3. The van der Waals surface area contributed by atoms with Crippen LogP contribution in [0.4, 0.5) is 8.78 Å². The molecular formula is C22H30F2N4O2. The molecule has 3 heterocycles. The van der Waals surface area contributed by atoms with Gasteiger partial charge in [-0.1, -0.05) is 6.42 Å². The van der Waals surface area contributed by atoms with Gasteiger partial charge in [-0.3, -0.25) is 10.00 Å². The van der Waals surface area contributed by atoms with Crippen LogP contribution >= 0.6 is 0 Å². The summed E-state index contributed by atoms with van der Waals surface area (Å²) < 4.78 is 39.6. The van der Waals surface area contributed by atoms with E-state index in [-0.39, 0.29) is 19.0 Å². The molecule has 0 amide bonds. The van der Waals surface area contributed by atoms with E-state index < -0.39 is 5.92 Å². The highest BCUT2D eigenvalue weighted by Gasteiger charge is 2.45. The van der Waals surface area contributed by atoms with E-state index in [1.54, 1.807) is 20.4 Å². The third-order valence-electron chi connectivity index (χ3n) is 6.17. The van der Waals surface area contributed by atoms with Crippen LogP contribution in [-0.2, 0) is 6.54 Å². The van der Waals surface area contributed by atoms with E-state index in [0.29, 0.717) is 24.6 Å². The van der Waals surface area contributed by atoms with E-state index >= 15 is 0 Å². The average Bonchev–Trinajstić information content (AvgIpc) is 3.31. The topological polar surface area (TPSA) is 53.6 Å². The van der Waals surface area contributed by atoms with Gasteiger partial charge in [0.05, 0.1) is 32.7 Å². The number of ether oxygens (including phenoxy) is 2. The summed E-state index contributed by atoms with van der Waals surface area (Å²) in [4.78, 5) is 4.25. The first-order valence-electron chi connectivity index (χ1n) is 10.6. The Balaban J connectivity index is 1.56. The highest BCUT2D eigenvalue weighted by molar-refractivity contribution is 5.71. The summed E-state index contributed by atoms with van der Waals surface area (Å²) in [5.74, 6) is -1.28. The van der Waals surface area contributed by atoms with Crippen molar-refractivity contribution in [3.63, 3.8) is 0 Å². The molecule has 8 heteroatoms. The number of likely N-dealkylation sites (tertiary alicyclic amines) is 2. The molecule has 4 rings (SSSR count). The lowest BCUT2D eigenvalue weighted by Crippen LogP contribution is -2.42. The number of rotatable bonds is 7. The Morgan fingerprint density at radius 2 is 1.97 bits per heavy atom. The summed E-state index contributed by atoms with van der Waals surface area (Å²) in [6, 6.07) is 5.38. The molecule has 30 heavy (non-hydrogen) atoms. The number of benzene rings is 1. The van der Waals surface area contributed by atoms with Crippen LogP contribution in [0, 0.1) is 0 Å². The van der Waals surface area contributed by atoms with Crippen molar-refractivity contribution in [3.8, 4) is 22.8 Å². The van der Waals surface area contributed by atoms with Crippen LogP contribution in [0.25, 0.3) is 11.3 Å². The molecule has 164 valence electrons. The van der Waals surface area contributed by atoms with Crippen LogP contribution in [-0.4, -0.2) is 72.4 Å². The van der Waals surface area contributed by atoms with Crippen molar-refractivity contribution >= 4 is 0 Å². The maximum atomic E-state index is 14.3. The zero-order chi connectivity index (χ0) is 21.1. The number of aromatic amines is 1. The van der Waals surface area contributed by atoms with Crippen molar-refractivity contribution in [2.75, 3.05) is 40.4 Å². The lowest BCUT2D eigenvalue weighted by atomic mass is 10.1. The average molecular weight is 421 g/mol. The number of aromatic nitrogens is 2. The number of H-pyrrole nitrogens is 1. The largest absolute Gasteiger partial charge is 0.497 e. The van der Waals surface area contributed by atoms with Crippen molar-refractivity contribution in [2.24, 2.45) is 0 Å². The fourth-order valence-corrected chi connectivity index (χ4v) is 4.66. The predicted octanol–water partition coefficient (Wildman–Crippen LogP) is 3.79. The summed E-state index contributed by atoms with van der Waals surface area (Å²) in [7, 11) is 3.22. The summed E-state index contributed by atoms with van der Waals surface area (Å²) in [6.07, 6.45) is 5.19.